The number of rotatable bonds is 6. The molecule has 0 saturated heterocycles. The molecular formula is C20H22FNO2. The standard InChI is InChI=1S/C20H22FNO2/c1-3-22(13-15-5-4-6-16(21)12-15)20(23)10-8-17-7-9-19(24-17)18-11-14(18)2/h4-10,12,14,18H,3,11,13H2,1-2H3/b10-8+. The van der Waals surface area contributed by atoms with Crippen LogP contribution in [0.2, 0.25) is 0 Å². The second-order valence-electron chi connectivity index (χ2n) is 6.38. The molecule has 2 unspecified atom stereocenters. The average Bonchev–Trinajstić information content (AvgIpc) is 3.11. The van der Waals surface area contributed by atoms with Crippen LogP contribution in [-0.2, 0) is 11.3 Å². The molecule has 0 bridgehead atoms. The SMILES string of the molecule is CCN(Cc1cccc(F)c1)C(=O)/C=C/c1ccc(C2CC2C)o1. The van der Waals surface area contributed by atoms with E-state index < -0.39 is 0 Å². The summed E-state index contributed by atoms with van der Waals surface area (Å²) >= 11 is 0. The van der Waals surface area contributed by atoms with E-state index in [1.807, 2.05) is 25.1 Å². The van der Waals surface area contributed by atoms with Crippen molar-refractivity contribution in [2.24, 2.45) is 5.92 Å². The van der Waals surface area contributed by atoms with E-state index in [0.29, 0.717) is 30.7 Å². The van der Waals surface area contributed by atoms with E-state index in [1.54, 1.807) is 17.0 Å². The quantitative estimate of drug-likeness (QED) is 0.726. The van der Waals surface area contributed by atoms with Crippen LogP contribution in [0.1, 0.15) is 43.3 Å². The van der Waals surface area contributed by atoms with E-state index in [4.69, 9.17) is 4.42 Å². The van der Waals surface area contributed by atoms with E-state index in [2.05, 4.69) is 6.92 Å². The molecule has 1 aromatic carbocycles. The largest absolute Gasteiger partial charge is 0.461 e. The van der Waals surface area contributed by atoms with Crippen molar-refractivity contribution in [3.05, 3.63) is 65.4 Å². The van der Waals surface area contributed by atoms with Crippen LogP contribution in [0.4, 0.5) is 4.39 Å². The molecule has 2 atom stereocenters. The topological polar surface area (TPSA) is 33.5 Å². The van der Waals surface area contributed by atoms with Gasteiger partial charge in [-0.05, 0) is 55.2 Å². The van der Waals surface area contributed by atoms with Crippen molar-refractivity contribution >= 4 is 12.0 Å². The molecule has 4 heteroatoms. The zero-order chi connectivity index (χ0) is 17.1. The van der Waals surface area contributed by atoms with Crippen LogP contribution >= 0.6 is 0 Å². The molecular weight excluding hydrogens is 305 g/mol. The van der Waals surface area contributed by atoms with Crippen molar-refractivity contribution in [1.82, 2.24) is 4.90 Å². The number of benzene rings is 1. The van der Waals surface area contributed by atoms with Gasteiger partial charge < -0.3 is 9.32 Å². The van der Waals surface area contributed by atoms with Gasteiger partial charge >= 0.3 is 0 Å². The molecule has 1 heterocycles. The highest BCUT2D eigenvalue weighted by atomic mass is 19.1. The molecule has 1 fully saturated rings. The fourth-order valence-corrected chi connectivity index (χ4v) is 2.84. The zero-order valence-electron chi connectivity index (χ0n) is 14.0. The Morgan fingerprint density at radius 2 is 2.17 bits per heavy atom. The number of nitrogens with zero attached hydrogens (tertiary/aromatic N) is 1. The van der Waals surface area contributed by atoms with E-state index >= 15 is 0 Å². The van der Waals surface area contributed by atoms with Crippen LogP contribution in [0.15, 0.2) is 46.9 Å². The summed E-state index contributed by atoms with van der Waals surface area (Å²) in [6.45, 7) is 5.06. The lowest BCUT2D eigenvalue weighted by Crippen LogP contribution is -2.28. The van der Waals surface area contributed by atoms with Crippen molar-refractivity contribution in [2.75, 3.05) is 6.54 Å². The third kappa shape index (κ3) is 3.94. The van der Waals surface area contributed by atoms with Gasteiger partial charge in [-0.2, -0.15) is 0 Å². The second kappa shape index (κ2) is 7.04. The average molecular weight is 327 g/mol. The van der Waals surface area contributed by atoms with Crippen molar-refractivity contribution in [2.45, 2.75) is 32.7 Å². The Morgan fingerprint density at radius 1 is 1.38 bits per heavy atom. The number of amides is 1. The first-order valence-corrected chi connectivity index (χ1v) is 8.38. The summed E-state index contributed by atoms with van der Waals surface area (Å²) in [4.78, 5) is 14.0. The Morgan fingerprint density at radius 3 is 2.83 bits per heavy atom. The number of halogens is 1. The number of furan rings is 1. The van der Waals surface area contributed by atoms with Crippen molar-refractivity contribution < 1.29 is 13.6 Å². The van der Waals surface area contributed by atoms with E-state index in [-0.39, 0.29) is 11.7 Å². The minimum absolute atomic E-state index is 0.112. The molecule has 1 aliphatic carbocycles. The highest BCUT2D eigenvalue weighted by Gasteiger charge is 2.36. The lowest BCUT2D eigenvalue weighted by molar-refractivity contribution is -0.126. The van der Waals surface area contributed by atoms with Crippen LogP contribution in [0.5, 0.6) is 0 Å². The number of carbonyl (C=O) groups is 1. The second-order valence-corrected chi connectivity index (χ2v) is 6.38. The smallest absolute Gasteiger partial charge is 0.246 e. The van der Waals surface area contributed by atoms with Gasteiger partial charge in [-0.25, -0.2) is 4.39 Å². The molecule has 0 radical (unpaired) electrons. The first kappa shape index (κ1) is 16.5. The summed E-state index contributed by atoms with van der Waals surface area (Å²) in [5.41, 5.74) is 0.779. The molecule has 1 amide bonds. The molecule has 0 N–H and O–H groups in total. The molecule has 24 heavy (non-hydrogen) atoms. The summed E-state index contributed by atoms with van der Waals surface area (Å²) in [6.07, 6.45) is 4.39. The summed E-state index contributed by atoms with van der Waals surface area (Å²) in [5.74, 6) is 2.52. The summed E-state index contributed by atoms with van der Waals surface area (Å²) in [6, 6.07) is 10.2. The van der Waals surface area contributed by atoms with Crippen molar-refractivity contribution in [3.8, 4) is 0 Å². The minimum atomic E-state index is -0.288. The summed E-state index contributed by atoms with van der Waals surface area (Å²) < 4.78 is 19.0. The summed E-state index contributed by atoms with van der Waals surface area (Å²) in [7, 11) is 0. The van der Waals surface area contributed by atoms with Gasteiger partial charge in [0, 0.05) is 25.1 Å². The first-order chi connectivity index (χ1) is 11.6. The molecule has 3 nitrogen and oxygen atoms in total. The van der Waals surface area contributed by atoms with E-state index in [0.717, 1.165) is 11.3 Å². The fourth-order valence-electron chi connectivity index (χ4n) is 2.84. The lowest BCUT2D eigenvalue weighted by Gasteiger charge is -2.19. The van der Waals surface area contributed by atoms with Gasteiger partial charge in [0.2, 0.25) is 5.91 Å². The van der Waals surface area contributed by atoms with Crippen molar-refractivity contribution in [1.29, 1.82) is 0 Å². The van der Waals surface area contributed by atoms with Crippen LogP contribution in [-0.4, -0.2) is 17.4 Å². The van der Waals surface area contributed by atoms with Gasteiger partial charge in [-0.15, -0.1) is 0 Å². The predicted molar refractivity (Wildman–Crippen MR) is 91.8 cm³/mol. The normalized spacial score (nSPS) is 19.6. The lowest BCUT2D eigenvalue weighted by atomic mass is 10.2. The molecule has 0 aliphatic heterocycles. The zero-order valence-corrected chi connectivity index (χ0v) is 14.0. The third-order valence-electron chi connectivity index (χ3n) is 4.47. The van der Waals surface area contributed by atoms with Crippen LogP contribution in [0, 0.1) is 11.7 Å². The van der Waals surface area contributed by atoms with Crippen molar-refractivity contribution in [3.63, 3.8) is 0 Å². The number of likely N-dealkylation sites (N-methyl/N-ethyl adjacent to an activating group) is 1. The molecule has 0 spiro atoms. The number of hydrogen-bond donors (Lipinski definition) is 0. The van der Waals surface area contributed by atoms with E-state index in [9.17, 15) is 9.18 Å². The molecule has 2 aromatic rings. The summed E-state index contributed by atoms with van der Waals surface area (Å²) in [5, 5.41) is 0. The van der Waals surface area contributed by atoms with Gasteiger partial charge in [0.15, 0.2) is 0 Å². The molecule has 3 rings (SSSR count). The Bertz CT molecular complexity index is 750. The Labute approximate surface area is 141 Å². The number of carbonyl (C=O) groups excluding carboxylic acids is 1. The molecule has 1 aromatic heterocycles. The van der Waals surface area contributed by atoms with Gasteiger partial charge in [-0.1, -0.05) is 19.1 Å². The maximum absolute atomic E-state index is 13.3. The maximum atomic E-state index is 13.3. The first-order valence-electron chi connectivity index (χ1n) is 8.38. The monoisotopic (exact) mass is 327 g/mol. The Kier molecular flexibility index (Phi) is 4.84. The maximum Gasteiger partial charge on any atom is 0.246 e. The number of hydrogen-bond acceptors (Lipinski definition) is 2. The predicted octanol–water partition coefficient (Wildman–Crippen LogP) is 4.60. The molecule has 126 valence electrons. The van der Waals surface area contributed by atoms with Gasteiger partial charge in [-0.3, -0.25) is 4.79 Å². The van der Waals surface area contributed by atoms with Crippen LogP contribution < -0.4 is 0 Å². The Balaban J connectivity index is 1.62. The molecule has 1 saturated carbocycles. The Hall–Kier alpha value is -2.36. The molecule has 1 aliphatic rings. The van der Waals surface area contributed by atoms with Gasteiger partial charge in [0.05, 0.1) is 0 Å². The van der Waals surface area contributed by atoms with Gasteiger partial charge in [0.1, 0.15) is 17.3 Å². The third-order valence-corrected chi connectivity index (χ3v) is 4.47. The van der Waals surface area contributed by atoms with Gasteiger partial charge in [0.25, 0.3) is 0 Å². The highest BCUT2D eigenvalue weighted by molar-refractivity contribution is 5.91. The van der Waals surface area contributed by atoms with Crippen LogP contribution in [0.25, 0.3) is 6.08 Å². The highest BCUT2D eigenvalue weighted by Crippen LogP contribution is 2.47. The van der Waals surface area contributed by atoms with E-state index in [1.165, 1.54) is 24.6 Å². The minimum Gasteiger partial charge on any atom is -0.461 e. The van der Waals surface area contributed by atoms with Crippen LogP contribution in [0.3, 0.4) is 0 Å². The fraction of sp³-hybridized carbons (Fsp3) is 0.350.